The van der Waals surface area contributed by atoms with E-state index >= 15 is 0 Å². The second kappa shape index (κ2) is 9.65. The van der Waals surface area contributed by atoms with E-state index in [9.17, 15) is 14.4 Å². The molecule has 3 heterocycles. The van der Waals surface area contributed by atoms with Gasteiger partial charge in [-0.3, -0.25) is 14.4 Å². The van der Waals surface area contributed by atoms with E-state index in [2.05, 4.69) is 15.6 Å². The number of aryl methyl sites for hydroxylation is 2. The van der Waals surface area contributed by atoms with Crippen LogP contribution in [0.4, 0.5) is 5.69 Å². The van der Waals surface area contributed by atoms with Gasteiger partial charge in [-0.2, -0.15) is 0 Å². The molecule has 0 saturated carbocycles. The Bertz CT molecular complexity index is 1130. The van der Waals surface area contributed by atoms with Gasteiger partial charge in [0.25, 0.3) is 11.8 Å². The molecule has 33 heavy (non-hydrogen) atoms. The number of aromatic amines is 1. The third-order valence-corrected chi connectivity index (χ3v) is 6.51. The molecule has 1 aromatic carbocycles. The fourth-order valence-corrected chi connectivity index (χ4v) is 4.68. The number of hydrogen-bond donors (Lipinski definition) is 3. The minimum Gasteiger partial charge on any atom is -0.358 e. The van der Waals surface area contributed by atoms with E-state index in [1.54, 1.807) is 0 Å². The Labute approximate surface area is 194 Å². The molecule has 1 fully saturated rings. The van der Waals surface area contributed by atoms with E-state index in [-0.39, 0.29) is 17.7 Å². The molecule has 3 amide bonds. The Morgan fingerprint density at radius 2 is 1.97 bits per heavy atom. The van der Waals surface area contributed by atoms with Crippen molar-refractivity contribution in [3.63, 3.8) is 0 Å². The van der Waals surface area contributed by atoms with E-state index in [4.69, 9.17) is 0 Å². The minimum absolute atomic E-state index is 0.139. The number of nitrogens with zero attached hydrogens (tertiary/aromatic N) is 1. The third kappa shape index (κ3) is 4.87. The van der Waals surface area contributed by atoms with Gasteiger partial charge in [0.2, 0.25) is 5.91 Å². The predicted molar refractivity (Wildman–Crippen MR) is 130 cm³/mol. The van der Waals surface area contributed by atoms with Crippen molar-refractivity contribution in [2.75, 3.05) is 25.0 Å². The van der Waals surface area contributed by atoms with Crippen LogP contribution in [0.15, 0.2) is 18.2 Å². The van der Waals surface area contributed by atoms with Crippen molar-refractivity contribution in [1.29, 1.82) is 0 Å². The molecule has 0 unspecified atom stereocenters. The highest BCUT2D eigenvalue weighted by Crippen LogP contribution is 2.34. The van der Waals surface area contributed by atoms with Crippen molar-refractivity contribution in [3.8, 4) is 0 Å². The van der Waals surface area contributed by atoms with Gasteiger partial charge in [0.15, 0.2) is 0 Å². The Kier molecular flexibility index (Phi) is 6.67. The maximum atomic E-state index is 12.9. The molecule has 0 aliphatic carbocycles. The molecule has 1 aromatic heterocycles. The van der Waals surface area contributed by atoms with Crippen LogP contribution < -0.4 is 10.6 Å². The number of carbonyl (C=O) groups excluding carboxylic acids is 3. The lowest BCUT2D eigenvalue weighted by atomic mass is 10.0. The predicted octanol–water partition coefficient (Wildman–Crippen LogP) is 3.96. The summed E-state index contributed by atoms with van der Waals surface area (Å²) in [7, 11) is 0. The van der Waals surface area contributed by atoms with E-state index in [0.717, 1.165) is 66.0 Å². The number of aromatic nitrogens is 1. The number of hydrogen-bond acceptors (Lipinski definition) is 3. The summed E-state index contributed by atoms with van der Waals surface area (Å²) in [5, 5.41) is 5.89. The molecule has 7 nitrogen and oxygen atoms in total. The van der Waals surface area contributed by atoms with Crippen molar-refractivity contribution in [3.05, 3.63) is 51.8 Å². The Morgan fingerprint density at radius 1 is 1.15 bits per heavy atom. The molecular weight excluding hydrogens is 416 g/mol. The summed E-state index contributed by atoms with van der Waals surface area (Å²) in [6.45, 7) is 7.76. The highest BCUT2D eigenvalue weighted by molar-refractivity contribution is 6.35. The summed E-state index contributed by atoms with van der Waals surface area (Å²) in [6.07, 6.45) is 6.33. The maximum Gasteiger partial charge on any atom is 0.256 e. The van der Waals surface area contributed by atoms with Crippen molar-refractivity contribution in [2.45, 2.75) is 52.9 Å². The first-order chi connectivity index (χ1) is 15.8. The standard InChI is InChI=1S/C26H32N4O3/c1-16-9-10-21-19(14-16)20(25(32)29-21)15-22-17(2)24(18(3)28-22)26(33)27-11-7-13-30-12-6-4-5-8-23(30)31/h9-10,14-15,28H,4-8,11-13H2,1-3H3,(H,27,33)(H,29,32)/b20-15-. The molecule has 3 N–H and O–H groups in total. The van der Waals surface area contributed by atoms with Crippen LogP contribution in [0, 0.1) is 20.8 Å². The molecule has 1 saturated heterocycles. The molecule has 0 atom stereocenters. The fraction of sp³-hybridized carbons (Fsp3) is 0.423. The normalized spacial score (nSPS) is 17.2. The van der Waals surface area contributed by atoms with Gasteiger partial charge in [0.05, 0.1) is 11.1 Å². The van der Waals surface area contributed by atoms with Gasteiger partial charge < -0.3 is 20.5 Å². The quantitative estimate of drug-likeness (QED) is 0.461. The van der Waals surface area contributed by atoms with Gasteiger partial charge in [-0.05, 0) is 63.8 Å². The summed E-state index contributed by atoms with van der Waals surface area (Å²) in [5.74, 6) is -0.0573. The summed E-state index contributed by atoms with van der Waals surface area (Å²) < 4.78 is 0. The highest BCUT2D eigenvalue weighted by atomic mass is 16.2. The van der Waals surface area contributed by atoms with Crippen LogP contribution in [0.1, 0.15) is 70.5 Å². The molecule has 2 aliphatic rings. The number of anilines is 1. The van der Waals surface area contributed by atoms with Crippen LogP contribution in [0.5, 0.6) is 0 Å². The molecule has 4 rings (SSSR count). The summed E-state index contributed by atoms with van der Waals surface area (Å²) in [4.78, 5) is 42.7. The van der Waals surface area contributed by atoms with Crippen LogP contribution in [-0.2, 0) is 9.59 Å². The summed E-state index contributed by atoms with van der Waals surface area (Å²) in [6, 6.07) is 5.87. The van der Waals surface area contributed by atoms with Gasteiger partial charge in [-0.25, -0.2) is 0 Å². The first kappa shape index (κ1) is 22.8. The van der Waals surface area contributed by atoms with Gasteiger partial charge in [-0.15, -0.1) is 0 Å². The maximum absolute atomic E-state index is 12.9. The average Bonchev–Trinajstić information content (AvgIpc) is 3.13. The zero-order valence-corrected chi connectivity index (χ0v) is 19.6. The molecule has 0 bridgehead atoms. The van der Waals surface area contributed by atoms with Crippen molar-refractivity contribution in [2.24, 2.45) is 0 Å². The third-order valence-electron chi connectivity index (χ3n) is 6.51. The number of amides is 3. The van der Waals surface area contributed by atoms with Crippen molar-refractivity contribution < 1.29 is 14.4 Å². The average molecular weight is 449 g/mol. The van der Waals surface area contributed by atoms with Crippen LogP contribution in [0.2, 0.25) is 0 Å². The van der Waals surface area contributed by atoms with E-state index in [0.29, 0.717) is 30.6 Å². The SMILES string of the molecule is Cc1ccc2c(c1)/C(=C/c1[nH]c(C)c(C(=O)NCCCN3CCCCCC3=O)c1C)C(=O)N2. The molecule has 7 heteroatoms. The topological polar surface area (TPSA) is 94.3 Å². The molecule has 174 valence electrons. The molecule has 0 spiro atoms. The zero-order valence-electron chi connectivity index (χ0n) is 19.6. The largest absolute Gasteiger partial charge is 0.358 e. The lowest BCUT2D eigenvalue weighted by molar-refractivity contribution is -0.130. The number of H-pyrrole nitrogens is 1. The van der Waals surface area contributed by atoms with Crippen molar-refractivity contribution in [1.82, 2.24) is 15.2 Å². The fourth-order valence-electron chi connectivity index (χ4n) is 4.68. The monoisotopic (exact) mass is 448 g/mol. The number of nitrogens with one attached hydrogen (secondary N) is 3. The Balaban J connectivity index is 1.43. The number of benzene rings is 1. The van der Waals surface area contributed by atoms with Crippen LogP contribution in [0.3, 0.4) is 0 Å². The van der Waals surface area contributed by atoms with Crippen molar-refractivity contribution >= 4 is 35.1 Å². The van der Waals surface area contributed by atoms with E-state index < -0.39 is 0 Å². The van der Waals surface area contributed by atoms with Crippen LogP contribution in [-0.4, -0.2) is 47.2 Å². The second-order valence-corrected chi connectivity index (χ2v) is 9.03. The number of fused-ring (bicyclic) bond motifs is 1. The zero-order chi connectivity index (χ0) is 23.5. The Hall–Kier alpha value is -3.35. The number of carbonyl (C=O) groups is 3. The van der Waals surface area contributed by atoms with Gasteiger partial charge >= 0.3 is 0 Å². The highest BCUT2D eigenvalue weighted by Gasteiger charge is 2.25. The van der Waals surface area contributed by atoms with Crippen LogP contribution in [0.25, 0.3) is 11.6 Å². The molecular formula is C26H32N4O3. The number of rotatable bonds is 6. The van der Waals surface area contributed by atoms with Gasteiger partial charge in [0.1, 0.15) is 0 Å². The second-order valence-electron chi connectivity index (χ2n) is 9.03. The van der Waals surface area contributed by atoms with Crippen LogP contribution >= 0.6 is 0 Å². The summed E-state index contributed by atoms with van der Waals surface area (Å²) >= 11 is 0. The van der Waals surface area contributed by atoms with E-state index in [1.807, 2.05) is 49.9 Å². The first-order valence-electron chi connectivity index (χ1n) is 11.7. The van der Waals surface area contributed by atoms with Gasteiger partial charge in [0, 0.05) is 48.7 Å². The lowest BCUT2D eigenvalue weighted by Crippen LogP contribution is -2.34. The molecule has 2 aromatic rings. The van der Waals surface area contributed by atoms with Gasteiger partial charge in [-0.1, -0.05) is 18.1 Å². The number of likely N-dealkylation sites (tertiary alicyclic amines) is 1. The molecule has 2 aliphatic heterocycles. The Morgan fingerprint density at radius 3 is 2.79 bits per heavy atom. The smallest absolute Gasteiger partial charge is 0.256 e. The summed E-state index contributed by atoms with van der Waals surface area (Å²) in [5.41, 5.74) is 6.29. The molecule has 0 radical (unpaired) electrons. The minimum atomic E-state index is -0.142. The lowest BCUT2D eigenvalue weighted by Gasteiger charge is -2.20. The van der Waals surface area contributed by atoms with E-state index in [1.165, 1.54) is 0 Å². The first-order valence-corrected chi connectivity index (χ1v) is 11.7.